The van der Waals surface area contributed by atoms with E-state index in [0.717, 1.165) is 17.0 Å². The number of hydrazone groups is 1. The Morgan fingerprint density at radius 2 is 1.94 bits per heavy atom. The van der Waals surface area contributed by atoms with Crippen molar-refractivity contribution in [1.29, 1.82) is 0 Å². The molecule has 9 heteroatoms. The molecule has 2 aromatic rings. The van der Waals surface area contributed by atoms with E-state index in [0.29, 0.717) is 13.0 Å². The molecule has 8 nitrogen and oxygen atoms in total. The summed E-state index contributed by atoms with van der Waals surface area (Å²) in [6, 6.07) is 9.20. The third kappa shape index (κ3) is 6.19. The molecule has 1 unspecified atom stereocenters. The van der Waals surface area contributed by atoms with Crippen LogP contribution in [-0.4, -0.2) is 64.5 Å². The van der Waals surface area contributed by atoms with Crippen LogP contribution >= 0.6 is 0 Å². The van der Waals surface area contributed by atoms with Crippen LogP contribution in [0.1, 0.15) is 44.5 Å². The number of nitrogens with one attached hydrogen (secondary N) is 1. The van der Waals surface area contributed by atoms with E-state index >= 15 is 0 Å². The van der Waals surface area contributed by atoms with Gasteiger partial charge in [-0.1, -0.05) is 12.1 Å². The predicted octanol–water partition coefficient (Wildman–Crippen LogP) is 3.30. The van der Waals surface area contributed by atoms with Crippen molar-refractivity contribution < 1.29 is 18.7 Å². The molecule has 0 spiro atoms. The minimum absolute atomic E-state index is 0.160. The van der Waals surface area contributed by atoms with Gasteiger partial charge in [-0.3, -0.25) is 4.79 Å². The Balaban J connectivity index is 1.87. The highest BCUT2D eigenvalue weighted by molar-refractivity contribution is 6.02. The largest absolute Gasteiger partial charge is 0.383 e. The lowest BCUT2D eigenvalue weighted by molar-refractivity contribution is -0.133. The molecule has 1 aromatic heterocycles. The molecule has 0 saturated carbocycles. The van der Waals surface area contributed by atoms with Crippen LogP contribution in [0.3, 0.4) is 0 Å². The molecule has 0 bridgehead atoms. The topological polar surface area (TPSA) is 79.2 Å². The fourth-order valence-electron chi connectivity index (χ4n) is 3.69. The first kappa shape index (κ1) is 24.4. The van der Waals surface area contributed by atoms with Crippen LogP contribution in [0.2, 0.25) is 0 Å². The SMILES string of the molecule is COCCN(CC(=O)N1N=C(c2cccn2C)CC1c1ccc(F)cc1)C(=O)NC(C)(C)C. The molecule has 1 aliphatic rings. The number of carbonyl (C=O) groups is 2. The summed E-state index contributed by atoms with van der Waals surface area (Å²) in [5.74, 6) is -0.670. The summed E-state index contributed by atoms with van der Waals surface area (Å²) >= 11 is 0. The van der Waals surface area contributed by atoms with Crippen LogP contribution < -0.4 is 5.32 Å². The highest BCUT2D eigenvalue weighted by atomic mass is 19.1. The number of aromatic nitrogens is 1. The summed E-state index contributed by atoms with van der Waals surface area (Å²) in [6.07, 6.45) is 2.40. The van der Waals surface area contributed by atoms with Gasteiger partial charge < -0.3 is 19.5 Å². The maximum absolute atomic E-state index is 13.5. The Hall–Kier alpha value is -3.20. The van der Waals surface area contributed by atoms with Gasteiger partial charge in [-0.05, 0) is 50.6 Å². The lowest BCUT2D eigenvalue weighted by Crippen LogP contribution is -2.52. The lowest BCUT2D eigenvalue weighted by Gasteiger charge is -2.30. The molecular weight excluding hydrogens is 425 g/mol. The fourth-order valence-corrected chi connectivity index (χ4v) is 3.69. The average Bonchev–Trinajstić information content (AvgIpc) is 3.36. The van der Waals surface area contributed by atoms with Crippen molar-refractivity contribution in [1.82, 2.24) is 19.8 Å². The third-order valence-corrected chi connectivity index (χ3v) is 5.32. The van der Waals surface area contributed by atoms with E-state index in [9.17, 15) is 14.0 Å². The van der Waals surface area contributed by atoms with Crippen molar-refractivity contribution >= 4 is 17.6 Å². The number of amides is 3. The van der Waals surface area contributed by atoms with Crippen molar-refractivity contribution in [2.75, 3.05) is 26.8 Å². The highest BCUT2D eigenvalue weighted by Gasteiger charge is 2.35. The molecule has 0 fully saturated rings. The first-order valence-corrected chi connectivity index (χ1v) is 10.9. The van der Waals surface area contributed by atoms with Gasteiger partial charge in [-0.15, -0.1) is 0 Å². The summed E-state index contributed by atoms with van der Waals surface area (Å²) in [6.45, 7) is 6.03. The van der Waals surface area contributed by atoms with Gasteiger partial charge in [-0.25, -0.2) is 14.2 Å². The quantitative estimate of drug-likeness (QED) is 0.693. The van der Waals surface area contributed by atoms with Gasteiger partial charge in [0.15, 0.2) is 0 Å². The Morgan fingerprint density at radius 1 is 1.24 bits per heavy atom. The zero-order valence-electron chi connectivity index (χ0n) is 19.8. The van der Waals surface area contributed by atoms with E-state index in [4.69, 9.17) is 4.74 Å². The van der Waals surface area contributed by atoms with Gasteiger partial charge in [0.2, 0.25) is 0 Å². The molecule has 0 saturated heterocycles. The number of nitrogens with zero attached hydrogens (tertiary/aromatic N) is 4. The van der Waals surface area contributed by atoms with E-state index in [1.54, 1.807) is 19.2 Å². The molecular formula is C24H32FN5O3. The number of benzene rings is 1. The van der Waals surface area contributed by atoms with Crippen LogP contribution in [0.25, 0.3) is 0 Å². The van der Waals surface area contributed by atoms with E-state index in [1.807, 2.05) is 50.7 Å². The number of ether oxygens (including phenoxy) is 1. The Labute approximate surface area is 194 Å². The number of hydrogen-bond donors (Lipinski definition) is 1. The normalized spacial score (nSPS) is 16.0. The summed E-state index contributed by atoms with van der Waals surface area (Å²) in [7, 11) is 3.46. The van der Waals surface area contributed by atoms with E-state index in [2.05, 4.69) is 10.4 Å². The monoisotopic (exact) mass is 457 g/mol. The number of rotatable bonds is 7. The zero-order chi connectivity index (χ0) is 24.2. The Morgan fingerprint density at radius 3 is 2.52 bits per heavy atom. The zero-order valence-corrected chi connectivity index (χ0v) is 19.8. The number of urea groups is 1. The van der Waals surface area contributed by atoms with Gasteiger partial charge in [-0.2, -0.15) is 5.10 Å². The predicted molar refractivity (Wildman–Crippen MR) is 124 cm³/mol. The van der Waals surface area contributed by atoms with Crippen LogP contribution in [0.5, 0.6) is 0 Å². The smallest absolute Gasteiger partial charge is 0.318 e. The molecule has 2 heterocycles. The Kier molecular flexibility index (Phi) is 7.53. The Bertz CT molecular complexity index is 1010. The molecule has 1 aromatic carbocycles. The van der Waals surface area contributed by atoms with Gasteiger partial charge >= 0.3 is 6.03 Å². The fraction of sp³-hybridized carbons (Fsp3) is 0.458. The second kappa shape index (κ2) is 10.2. The number of hydrogen-bond acceptors (Lipinski definition) is 4. The molecule has 1 aliphatic heterocycles. The van der Waals surface area contributed by atoms with Crippen molar-refractivity contribution in [2.45, 2.75) is 38.8 Å². The van der Waals surface area contributed by atoms with Gasteiger partial charge in [0.05, 0.1) is 24.1 Å². The maximum Gasteiger partial charge on any atom is 0.318 e. The molecule has 33 heavy (non-hydrogen) atoms. The van der Waals surface area contributed by atoms with Crippen molar-refractivity contribution in [3.8, 4) is 0 Å². The summed E-state index contributed by atoms with van der Waals surface area (Å²) in [5, 5.41) is 8.94. The number of halogens is 1. The van der Waals surface area contributed by atoms with Gasteiger partial charge in [0.1, 0.15) is 12.4 Å². The van der Waals surface area contributed by atoms with Crippen molar-refractivity contribution in [3.05, 3.63) is 59.7 Å². The molecule has 0 radical (unpaired) electrons. The number of methoxy groups -OCH3 is 1. The average molecular weight is 458 g/mol. The summed E-state index contributed by atoms with van der Waals surface area (Å²) < 4.78 is 20.6. The molecule has 1 N–H and O–H groups in total. The maximum atomic E-state index is 13.5. The molecule has 3 amide bonds. The lowest BCUT2D eigenvalue weighted by atomic mass is 10.0. The number of aryl methyl sites for hydroxylation is 1. The molecule has 0 aliphatic carbocycles. The van der Waals surface area contributed by atoms with E-state index < -0.39 is 11.6 Å². The first-order valence-electron chi connectivity index (χ1n) is 10.9. The second-order valence-electron chi connectivity index (χ2n) is 9.16. The summed E-state index contributed by atoms with van der Waals surface area (Å²) in [4.78, 5) is 27.6. The highest BCUT2D eigenvalue weighted by Crippen LogP contribution is 2.33. The number of carbonyl (C=O) groups excluding carboxylic acids is 2. The van der Waals surface area contributed by atoms with Gasteiger partial charge in [0.25, 0.3) is 5.91 Å². The van der Waals surface area contributed by atoms with Gasteiger partial charge in [0, 0.05) is 38.9 Å². The van der Waals surface area contributed by atoms with Crippen LogP contribution in [0.4, 0.5) is 9.18 Å². The van der Waals surface area contributed by atoms with E-state index in [1.165, 1.54) is 22.0 Å². The third-order valence-electron chi connectivity index (χ3n) is 5.32. The molecule has 178 valence electrons. The van der Waals surface area contributed by atoms with Crippen molar-refractivity contribution in [3.63, 3.8) is 0 Å². The van der Waals surface area contributed by atoms with Crippen LogP contribution in [-0.2, 0) is 16.6 Å². The molecule has 1 atom stereocenters. The summed E-state index contributed by atoms with van der Waals surface area (Å²) in [5.41, 5.74) is 1.99. The van der Waals surface area contributed by atoms with E-state index in [-0.39, 0.29) is 30.8 Å². The standard InChI is InChI=1S/C24H32FN5O3/c1-24(2,3)26-23(32)29(13-14-33-5)16-22(31)30-21(17-8-10-18(25)11-9-17)15-19(27-30)20-7-6-12-28(20)4/h6-12,21H,13-16H2,1-5H3,(H,26,32). The minimum atomic E-state index is -0.451. The minimum Gasteiger partial charge on any atom is -0.383 e. The van der Waals surface area contributed by atoms with Crippen molar-refractivity contribution in [2.24, 2.45) is 12.1 Å². The van der Waals surface area contributed by atoms with Crippen LogP contribution in [0, 0.1) is 5.82 Å². The van der Waals surface area contributed by atoms with Crippen LogP contribution in [0.15, 0.2) is 47.7 Å². The molecule has 3 rings (SSSR count). The second-order valence-corrected chi connectivity index (χ2v) is 9.16. The first-order chi connectivity index (χ1) is 15.6.